The Hall–Kier alpha value is -2.32. The van der Waals surface area contributed by atoms with Crippen LogP contribution >= 0.6 is 0 Å². The number of hydrogen-bond donors (Lipinski definition) is 2. The van der Waals surface area contributed by atoms with E-state index in [1.54, 1.807) is 0 Å². The third-order valence-corrected chi connectivity index (χ3v) is 4.28. The van der Waals surface area contributed by atoms with Gasteiger partial charge in [0.25, 0.3) is 0 Å². The Labute approximate surface area is 155 Å². The zero-order valence-electron chi connectivity index (χ0n) is 14.6. The summed E-state index contributed by atoms with van der Waals surface area (Å²) in [6.07, 6.45) is -7.20. The Balaban J connectivity index is 2.07. The quantitative estimate of drug-likeness (QED) is 0.675. The van der Waals surface area contributed by atoms with E-state index in [9.17, 15) is 28.2 Å². The minimum Gasteiger partial charge on any atom is -0.447 e. The predicted octanol–water partition coefficient (Wildman–Crippen LogP) is 3.18. The first kappa shape index (κ1) is 21.0. The van der Waals surface area contributed by atoms with Crippen LogP contribution in [0.25, 0.3) is 0 Å². The Morgan fingerprint density at radius 3 is 2.59 bits per heavy atom. The van der Waals surface area contributed by atoms with Crippen molar-refractivity contribution in [2.24, 2.45) is 0 Å². The molecule has 1 heterocycles. The molecule has 5 nitrogen and oxygen atoms in total. The highest BCUT2D eigenvalue weighted by atomic mass is 19.4. The van der Waals surface area contributed by atoms with Gasteiger partial charge in [0.15, 0.2) is 6.23 Å². The highest BCUT2D eigenvalue weighted by Gasteiger charge is 2.40. The summed E-state index contributed by atoms with van der Waals surface area (Å²) in [4.78, 5) is 12.9. The van der Waals surface area contributed by atoms with Gasteiger partial charge in [-0.2, -0.15) is 13.2 Å². The van der Waals surface area contributed by atoms with Crippen LogP contribution in [0.4, 0.5) is 18.0 Å². The molecule has 0 aliphatic carbocycles. The van der Waals surface area contributed by atoms with E-state index in [0.717, 1.165) is 22.6 Å². The SMILES string of the molecule is C=CC/C(=C\C[C@H](O)[C@H](O)N1C(=O)OCC1Cc1ccccc1)C(F)(F)F. The number of nitrogens with zero attached hydrogens (tertiary/aromatic N) is 1. The van der Waals surface area contributed by atoms with E-state index in [-0.39, 0.29) is 6.61 Å². The number of amides is 1. The lowest BCUT2D eigenvalue weighted by Crippen LogP contribution is -2.49. The molecule has 1 aliphatic heterocycles. The van der Waals surface area contributed by atoms with Crippen molar-refractivity contribution in [1.82, 2.24) is 4.90 Å². The third-order valence-electron chi connectivity index (χ3n) is 4.28. The number of halogens is 3. The number of carbonyl (C=O) groups excluding carboxylic acids is 1. The van der Waals surface area contributed by atoms with Gasteiger partial charge >= 0.3 is 12.3 Å². The van der Waals surface area contributed by atoms with Crippen LogP contribution < -0.4 is 0 Å². The highest BCUT2D eigenvalue weighted by molar-refractivity contribution is 5.70. The number of hydrogen-bond acceptors (Lipinski definition) is 4. The van der Waals surface area contributed by atoms with E-state index in [1.165, 1.54) is 0 Å². The summed E-state index contributed by atoms with van der Waals surface area (Å²) < 4.78 is 43.6. The fourth-order valence-electron chi connectivity index (χ4n) is 2.88. The van der Waals surface area contributed by atoms with Crippen molar-refractivity contribution in [3.05, 3.63) is 60.2 Å². The molecule has 1 unspecified atom stereocenters. The second-order valence-corrected chi connectivity index (χ2v) is 6.26. The highest BCUT2D eigenvalue weighted by Crippen LogP contribution is 2.29. The average molecular weight is 385 g/mol. The Kier molecular flexibility index (Phi) is 7.04. The molecule has 0 saturated carbocycles. The predicted molar refractivity (Wildman–Crippen MR) is 92.7 cm³/mol. The summed E-state index contributed by atoms with van der Waals surface area (Å²) in [7, 11) is 0. The van der Waals surface area contributed by atoms with Crippen LogP contribution in [0.2, 0.25) is 0 Å². The van der Waals surface area contributed by atoms with Gasteiger partial charge in [0, 0.05) is 5.57 Å². The Morgan fingerprint density at radius 1 is 1.33 bits per heavy atom. The van der Waals surface area contributed by atoms with Crippen molar-refractivity contribution in [2.45, 2.75) is 43.8 Å². The molecule has 1 aliphatic rings. The third kappa shape index (κ3) is 5.58. The fraction of sp³-hybridized carbons (Fsp3) is 0.421. The lowest BCUT2D eigenvalue weighted by atomic mass is 10.0. The van der Waals surface area contributed by atoms with Crippen molar-refractivity contribution in [3.8, 4) is 0 Å². The van der Waals surface area contributed by atoms with Gasteiger partial charge in [0.2, 0.25) is 0 Å². The molecule has 148 valence electrons. The summed E-state index contributed by atoms with van der Waals surface area (Å²) in [6.45, 7) is 3.30. The zero-order valence-corrected chi connectivity index (χ0v) is 14.6. The molecule has 3 atom stereocenters. The standard InChI is InChI=1S/C19H22F3NO4/c1-2-6-14(19(20,21)22)9-10-16(24)17(25)23-15(12-27-18(23)26)11-13-7-4-3-5-8-13/h2-5,7-9,15-17,24-25H,1,6,10-12H2/b14-9+/t15?,16-,17-/m0/s1. The van der Waals surface area contributed by atoms with Crippen LogP contribution in [-0.2, 0) is 11.2 Å². The number of cyclic esters (lactones) is 1. The van der Waals surface area contributed by atoms with Crippen LogP contribution in [0.15, 0.2) is 54.6 Å². The number of carbonyl (C=O) groups is 1. The second-order valence-electron chi connectivity index (χ2n) is 6.26. The van der Waals surface area contributed by atoms with Crippen molar-refractivity contribution in [2.75, 3.05) is 6.61 Å². The molecule has 0 spiro atoms. The lowest BCUT2D eigenvalue weighted by Gasteiger charge is -2.29. The molecular formula is C19H22F3NO4. The summed E-state index contributed by atoms with van der Waals surface area (Å²) >= 11 is 0. The minimum absolute atomic E-state index is 0.0254. The maximum atomic E-state index is 12.9. The van der Waals surface area contributed by atoms with Crippen molar-refractivity contribution in [1.29, 1.82) is 0 Å². The normalized spacial score (nSPS) is 20.3. The first-order chi connectivity index (χ1) is 12.7. The van der Waals surface area contributed by atoms with E-state index in [0.29, 0.717) is 6.42 Å². The van der Waals surface area contributed by atoms with Gasteiger partial charge in [-0.3, -0.25) is 4.90 Å². The second kappa shape index (κ2) is 9.05. The maximum absolute atomic E-state index is 12.9. The molecule has 1 amide bonds. The first-order valence-electron chi connectivity index (χ1n) is 8.46. The molecule has 0 aromatic heterocycles. The molecule has 1 aromatic carbocycles. The summed E-state index contributed by atoms with van der Waals surface area (Å²) in [5.41, 5.74) is 0.0336. The van der Waals surface area contributed by atoms with Gasteiger partial charge < -0.3 is 14.9 Å². The molecule has 1 fully saturated rings. The molecule has 0 radical (unpaired) electrons. The Bertz CT molecular complexity index is 675. The number of allylic oxidation sites excluding steroid dienone is 2. The van der Waals surface area contributed by atoms with Crippen LogP contribution in [-0.4, -0.2) is 52.4 Å². The molecule has 8 heteroatoms. The summed E-state index contributed by atoms with van der Waals surface area (Å²) in [6, 6.07) is 8.65. The van der Waals surface area contributed by atoms with Crippen LogP contribution in [0, 0.1) is 0 Å². The molecule has 27 heavy (non-hydrogen) atoms. The molecule has 1 saturated heterocycles. The molecule has 2 rings (SSSR count). The topological polar surface area (TPSA) is 70.0 Å². The average Bonchev–Trinajstić information content (AvgIpc) is 2.97. The summed E-state index contributed by atoms with van der Waals surface area (Å²) in [5, 5.41) is 20.5. The van der Waals surface area contributed by atoms with Crippen LogP contribution in [0.3, 0.4) is 0 Å². The van der Waals surface area contributed by atoms with Crippen molar-refractivity contribution in [3.63, 3.8) is 0 Å². The summed E-state index contributed by atoms with van der Waals surface area (Å²) in [5.74, 6) is 0. The number of alkyl halides is 3. The van der Waals surface area contributed by atoms with Gasteiger partial charge in [0.05, 0.1) is 6.04 Å². The number of aliphatic hydroxyl groups excluding tert-OH is 2. The number of rotatable bonds is 8. The van der Waals surface area contributed by atoms with Gasteiger partial charge in [-0.15, -0.1) is 6.58 Å². The minimum atomic E-state index is -4.55. The molecule has 0 bridgehead atoms. The fourth-order valence-corrected chi connectivity index (χ4v) is 2.88. The lowest BCUT2D eigenvalue weighted by molar-refractivity contribution is -0.0944. The van der Waals surface area contributed by atoms with Gasteiger partial charge in [-0.1, -0.05) is 42.5 Å². The smallest absolute Gasteiger partial charge is 0.412 e. The van der Waals surface area contributed by atoms with Crippen molar-refractivity contribution < 1.29 is 32.9 Å². The largest absolute Gasteiger partial charge is 0.447 e. The van der Waals surface area contributed by atoms with E-state index < -0.39 is 49.1 Å². The van der Waals surface area contributed by atoms with E-state index in [4.69, 9.17) is 4.74 Å². The van der Waals surface area contributed by atoms with E-state index >= 15 is 0 Å². The number of aliphatic hydroxyl groups is 2. The van der Waals surface area contributed by atoms with E-state index in [2.05, 4.69) is 6.58 Å². The van der Waals surface area contributed by atoms with Crippen LogP contribution in [0.5, 0.6) is 0 Å². The van der Waals surface area contributed by atoms with Gasteiger partial charge in [-0.05, 0) is 24.8 Å². The maximum Gasteiger partial charge on any atom is 0.412 e. The zero-order chi connectivity index (χ0) is 20.0. The molecule has 1 aromatic rings. The number of ether oxygens (including phenoxy) is 1. The van der Waals surface area contributed by atoms with Crippen molar-refractivity contribution >= 4 is 6.09 Å². The number of benzene rings is 1. The van der Waals surface area contributed by atoms with Gasteiger partial charge in [0.1, 0.15) is 12.7 Å². The molecule has 2 N–H and O–H groups in total. The first-order valence-corrected chi connectivity index (χ1v) is 8.46. The molecular weight excluding hydrogens is 363 g/mol. The van der Waals surface area contributed by atoms with Crippen LogP contribution in [0.1, 0.15) is 18.4 Å². The monoisotopic (exact) mass is 385 g/mol. The van der Waals surface area contributed by atoms with Gasteiger partial charge in [-0.25, -0.2) is 4.79 Å². The van der Waals surface area contributed by atoms with E-state index in [1.807, 2.05) is 30.3 Å². The Morgan fingerprint density at radius 2 is 2.00 bits per heavy atom.